The summed E-state index contributed by atoms with van der Waals surface area (Å²) in [5, 5.41) is 41.5. The Morgan fingerprint density at radius 1 is 1.25 bits per heavy atom. The maximum Gasteiger partial charge on any atom is 0.165 e. The molecule has 2 unspecified atom stereocenters. The van der Waals surface area contributed by atoms with Crippen LogP contribution in [0.4, 0.5) is 0 Å². The third kappa shape index (κ3) is 3.58. The van der Waals surface area contributed by atoms with Gasteiger partial charge < -0.3 is 25.2 Å². The van der Waals surface area contributed by atoms with Crippen LogP contribution in [0.3, 0.4) is 0 Å². The number of allylic oxidation sites excluding steroid dienone is 2. The van der Waals surface area contributed by atoms with E-state index in [-0.39, 0.29) is 36.8 Å². The molecule has 6 nitrogen and oxygen atoms in total. The van der Waals surface area contributed by atoms with Crippen LogP contribution in [0.5, 0.6) is 0 Å². The molecule has 1 aliphatic heterocycles. The van der Waals surface area contributed by atoms with Crippen LogP contribution in [0.25, 0.3) is 15.8 Å². The minimum atomic E-state index is -0.660. The molecule has 148 valence electrons. The van der Waals surface area contributed by atoms with Gasteiger partial charge in [0.25, 0.3) is 0 Å². The summed E-state index contributed by atoms with van der Waals surface area (Å²) < 4.78 is 6.80. The Bertz CT molecular complexity index is 926. The van der Waals surface area contributed by atoms with E-state index in [2.05, 4.69) is 0 Å². The third-order valence-corrected chi connectivity index (χ3v) is 6.50. The van der Waals surface area contributed by atoms with Crippen LogP contribution < -0.4 is 0 Å². The molecule has 2 aromatic rings. The number of fused-ring (bicyclic) bond motifs is 1. The topological polar surface area (TPSA) is 107 Å². The van der Waals surface area contributed by atoms with Crippen LogP contribution in [0.2, 0.25) is 0 Å². The van der Waals surface area contributed by atoms with E-state index < -0.39 is 24.2 Å². The number of thiophene rings is 1. The number of benzene rings is 1. The van der Waals surface area contributed by atoms with E-state index in [0.717, 1.165) is 16.2 Å². The number of carbonyl (C=O) groups excluding carboxylic acids is 1. The number of aliphatic hydroxyl groups is 4. The fourth-order valence-corrected chi connectivity index (χ4v) is 4.97. The molecular weight excluding hydrogens is 380 g/mol. The lowest BCUT2D eigenvalue weighted by molar-refractivity contribution is -0.145. The smallest absolute Gasteiger partial charge is 0.165 e. The molecule has 2 heterocycles. The van der Waals surface area contributed by atoms with Crippen molar-refractivity contribution in [3.63, 3.8) is 0 Å². The Labute approximate surface area is 166 Å². The van der Waals surface area contributed by atoms with Crippen LogP contribution in [0.1, 0.15) is 24.1 Å². The maximum absolute atomic E-state index is 12.5. The number of carbonyl (C=O) groups is 1. The van der Waals surface area contributed by atoms with E-state index in [9.17, 15) is 25.2 Å². The number of hydrogen-bond donors (Lipinski definition) is 4. The molecule has 1 aliphatic carbocycles. The summed E-state index contributed by atoms with van der Waals surface area (Å²) >= 11 is 1.41. The third-order valence-electron chi connectivity index (χ3n) is 5.38. The lowest BCUT2D eigenvalue weighted by atomic mass is 9.80. The van der Waals surface area contributed by atoms with Crippen molar-refractivity contribution in [1.29, 1.82) is 0 Å². The monoisotopic (exact) mass is 402 g/mol. The minimum Gasteiger partial charge on any atom is -0.507 e. The Morgan fingerprint density at radius 2 is 2.04 bits per heavy atom. The maximum atomic E-state index is 12.5. The molecule has 1 aromatic carbocycles. The first-order valence-electron chi connectivity index (χ1n) is 9.26. The summed E-state index contributed by atoms with van der Waals surface area (Å²) in [5.74, 6) is -1.23. The molecule has 1 saturated heterocycles. The summed E-state index contributed by atoms with van der Waals surface area (Å²) in [6, 6.07) is 9.59. The van der Waals surface area contributed by atoms with Gasteiger partial charge in [0.2, 0.25) is 0 Å². The number of ether oxygens (including phenoxy) is 1. The SMILES string of the molecule is O=C1C=C(O)C(=C(O)c2cc3ccccc3s2)CC1[C@H]1C[C@@H](O)CC(CO)O1. The van der Waals surface area contributed by atoms with Crippen LogP contribution in [0.15, 0.2) is 47.7 Å². The molecule has 4 N–H and O–H groups in total. The van der Waals surface area contributed by atoms with Crippen LogP contribution in [0, 0.1) is 5.92 Å². The van der Waals surface area contributed by atoms with E-state index >= 15 is 0 Å². The summed E-state index contributed by atoms with van der Waals surface area (Å²) in [6.45, 7) is -0.231. The van der Waals surface area contributed by atoms with Crippen molar-refractivity contribution in [3.05, 3.63) is 52.6 Å². The van der Waals surface area contributed by atoms with Crippen molar-refractivity contribution >= 4 is 33.0 Å². The lowest BCUT2D eigenvalue weighted by Gasteiger charge is -2.37. The van der Waals surface area contributed by atoms with Gasteiger partial charge in [-0.1, -0.05) is 18.2 Å². The second-order valence-corrected chi connectivity index (χ2v) is 8.41. The first-order chi connectivity index (χ1) is 13.5. The number of hydrogen-bond acceptors (Lipinski definition) is 7. The zero-order valence-electron chi connectivity index (χ0n) is 15.1. The van der Waals surface area contributed by atoms with Crippen molar-refractivity contribution in [2.45, 2.75) is 37.6 Å². The Balaban J connectivity index is 1.66. The number of rotatable bonds is 3. The normalized spacial score (nSPS) is 30.4. The van der Waals surface area contributed by atoms with Gasteiger partial charge in [-0.15, -0.1) is 11.3 Å². The van der Waals surface area contributed by atoms with Gasteiger partial charge in [-0.3, -0.25) is 4.79 Å². The van der Waals surface area contributed by atoms with Gasteiger partial charge in [-0.25, -0.2) is 0 Å². The summed E-state index contributed by atoms with van der Waals surface area (Å²) in [6.07, 6.45) is 0.0603. The summed E-state index contributed by atoms with van der Waals surface area (Å²) in [4.78, 5) is 13.1. The van der Waals surface area contributed by atoms with E-state index in [1.54, 1.807) is 0 Å². The quantitative estimate of drug-likeness (QED) is 0.588. The molecule has 28 heavy (non-hydrogen) atoms. The molecule has 0 bridgehead atoms. The van der Waals surface area contributed by atoms with E-state index in [0.29, 0.717) is 16.9 Å². The van der Waals surface area contributed by atoms with Gasteiger partial charge in [0.1, 0.15) is 11.5 Å². The summed E-state index contributed by atoms with van der Waals surface area (Å²) in [5.41, 5.74) is 0.292. The van der Waals surface area contributed by atoms with Crippen LogP contribution in [-0.2, 0) is 9.53 Å². The standard InChI is InChI=1S/C21H22O6S/c22-10-13-6-12(23)7-18(27-13)14-8-15(17(25)9-16(14)24)21(26)20-5-11-3-1-2-4-19(11)28-20/h1-5,9,12-14,18,22-23,25-26H,6-8,10H2/t12-,13?,14?,18+/m0/s1. The molecule has 0 spiro atoms. The van der Waals surface area contributed by atoms with Crippen LogP contribution >= 0.6 is 11.3 Å². The largest absolute Gasteiger partial charge is 0.507 e. The number of ketones is 1. The van der Waals surface area contributed by atoms with Gasteiger partial charge in [-0.2, -0.15) is 0 Å². The molecule has 0 saturated carbocycles. The highest BCUT2D eigenvalue weighted by Gasteiger charge is 2.39. The van der Waals surface area contributed by atoms with Gasteiger partial charge in [0, 0.05) is 29.2 Å². The second-order valence-electron chi connectivity index (χ2n) is 7.32. The molecule has 7 heteroatoms. The fourth-order valence-electron chi connectivity index (χ4n) is 3.94. The average Bonchev–Trinajstić information content (AvgIpc) is 3.11. The molecule has 0 amide bonds. The molecule has 0 radical (unpaired) electrons. The van der Waals surface area contributed by atoms with Crippen LogP contribution in [-0.4, -0.2) is 51.1 Å². The first-order valence-corrected chi connectivity index (χ1v) is 10.1. The summed E-state index contributed by atoms with van der Waals surface area (Å²) in [7, 11) is 0. The Hall–Kier alpha value is -2.19. The molecule has 4 atom stereocenters. The Morgan fingerprint density at radius 3 is 2.79 bits per heavy atom. The average molecular weight is 402 g/mol. The van der Waals surface area contributed by atoms with Crippen molar-refractivity contribution in [3.8, 4) is 0 Å². The van der Waals surface area contributed by atoms with Crippen molar-refractivity contribution < 1.29 is 30.0 Å². The van der Waals surface area contributed by atoms with Gasteiger partial charge in [0.15, 0.2) is 5.78 Å². The predicted molar refractivity (Wildman–Crippen MR) is 106 cm³/mol. The zero-order chi connectivity index (χ0) is 19.8. The fraction of sp³-hybridized carbons (Fsp3) is 0.381. The zero-order valence-corrected chi connectivity index (χ0v) is 15.9. The molecular formula is C21H22O6S. The van der Waals surface area contributed by atoms with Gasteiger partial charge >= 0.3 is 0 Å². The van der Waals surface area contributed by atoms with Gasteiger partial charge in [-0.05, 0) is 23.9 Å². The van der Waals surface area contributed by atoms with E-state index in [1.165, 1.54) is 11.3 Å². The Kier molecular flexibility index (Phi) is 5.25. The molecule has 4 rings (SSSR count). The highest BCUT2D eigenvalue weighted by Crippen LogP contribution is 2.38. The molecule has 1 aromatic heterocycles. The highest BCUT2D eigenvalue weighted by atomic mass is 32.1. The second kappa shape index (κ2) is 7.67. The molecule has 1 fully saturated rings. The van der Waals surface area contributed by atoms with Crippen molar-refractivity contribution in [2.24, 2.45) is 5.92 Å². The van der Waals surface area contributed by atoms with E-state index in [1.807, 2.05) is 30.3 Å². The van der Waals surface area contributed by atoms with E-state index in [4.69, 9.17) is 4.74 Å². The first kappa shape index (κ1) is 19.1. The minimum absolute atomic E-state index is 0.0532. The van der Waals surface area contributed by atoms with Gasteiger partial charge in [0.05, 0.1) is 35.7 Å². The predicted octanol–water partition coefficient (Wildman–Crippen LogP) is 3.10. The lowest BCUT2D eigenvalue weighted by Crippen LogP contribution is -2.44. The number of aliphatic hydroxyl groups excluding tert-OH is 4. The van der Waals surface area contributed by atoms with Crippen molar-refractivity contribution in [2.75, 3.05) is 6.61 Å². The highest BCUT2D eigenvalue weighted by molar-refractivity contribution is 7.20. The van der Waals surface area contributed by atoms with Crippen molar-refractivity contribution in [1.82, 2.24) is 0 Å². The molecule has 2 aliphatic rings.